The first-order valence-corrected chi connectivity index (χ1v) is 3.47. The Morgan fingerprint density at radius 1 is 1.50 bits per heavy atom. The Hall–Kier alpha value is -1.55. The summed E-state index contributed by atoms with van der Waals surface area (Å²) in [6.07, 6.45) is 0. The van der Waals surface area contributed by atoms with Gasteiger partial charge in [0.15, 0.2) is 0 Å². The maximum atomic E-state index is 10.8. The number of nitrogens with two attached hydrogens (primary N) is 2. The molecule has 0 heterocycles. The Labute approximate surface area is 69.8 Å². The molecule has 12 heavy (non-hydrogen) atoms. The number of hydrogen-bond donors (Lipinski definition) is 3. The second kappa shape index (κ2) is 3.23. The van der Waals surface area contributed by atoms with Crippen LogP contribution in [0.3, 0.4) is 0 Å². The highest BCUT2D eigenvalue weighted by atomic mass is 16.3. The number of phenols is 1. The number of phenolic OH excluding ortho intramolecular Hbond substituents is 1. The number of hydrogen-bond acceptors (Lipinski definition) is 3. The molecule has 0 aliphatic carbocycles. The molecule has 1 rings (SSSR count). The van der Waals surface area contributed by atoms with E-state index in [4.69, 9.17) is 16.6 Å². The molecule has 64 valence electrons. The lowest BCUT2D eigenvalue weighted by atomic mass is 10.1. The molecule has 4 heteroatoms. The Balaban J connectivity index is 3.21. The standard InChI is InChI=1S/C8H10N2O2/c9-4-5-1-2-6(11)3-7(5)8(10)12/h1-3,11H,4,9H2,(H2,10,12). The molecular formula is C8H10N2O2. The quantitative estimate of drug-likeness (QED) is 0.575. The van der Waals surface area contributed by atoms with E-state index in [1.165, 1.54) is 12.1 Å². The normalized spacial score (nSPS) is 9.75. The Morgan fingerprint density at radius 2 is 2.17 bits per heavy atom. The zero-order valence-corrected chi connectivity index (χ0v) is 6.45. The zero-order valence-electron chi connectivity index (χ0n) is 6.45. The first-order valence-electron chi connectivity index (χ1n) is 3.47. The van der Waals surface area contributed by atoms with Gasteiger partial charge in [-0.2, -0.15) is 0 Å². The van der Waals surface area contributed by atoms with Crippen LogP contribution in [0, 0.1) is 0 Å². The third-order valence-electron chi connectivity index (χ3n) is 1.58. The largest absolute Gasteiger partial charge is 0.508 e. The lowest BCUT2D eigenvalue weighted by Gasteiger charge is -2.03. The van der Waals surface area contributed by atoms with Crippen molar-refractivity contribution in [3.63, 3.8) is 0 Å². The Kier molecular flexibility index (Phi) is 2.30. The molecule has 1 aromatic carbocycles. The van der Waals surface area contributed by atoms with Crippen molar-refractivity contribution in [3.8, 4) is 5.75 Å². The molecular weight excluding hydrogens is 156 g/mol. The van der Waals surface area contributed by atoms with Crippen molar-refractivity contribution in [2.75, 3.05) is 0 Å². The van der Waals surface area contributed by atoms with E-state index in [1.807, 2.05) is 0 Å². The van der Waals surface area contributed by atoms with Gasteiger partial charge in [-0.1, -0.05) is 6.07 Å². The highest BCUT2D eigenvalue weighted by Gasteiger charge is 2.06. The topological polar surface area (TPSA) is 89.3 Å². The second-order valence-electron chi connectivity index (χ2n) is 2.41. The fourth-order valence-electron chi connectivity index (χ4n) is 0.972. The van der Waals surface area contributed by atoms with E-state index in [9.17, 15) is 4.79 Å². The van der Waals surface area contributed by atoms with Crippen molar-refractivity contribution < 1.29 is 9.90 Å². The molecule has 0 spiro atoms. The Morgan fingerprint density at radius 3 is 2.67 bits per heavy atom. The van der Waals surface area contributed by atoms with Gasteiger partial charge in [0.2, 0.25) is 5.91 Å². The van der Waals surface area contributed by atoms with Crippen molar-refractivity contribution >= 4 is 5.91 Å². The van der Waals surface area contributed by atoms with Crippen LogP contribution in [0.5, 0.6) is 5.75 Å². The number of carbonyl (C=O) groups is 1. The molecule has 0 aromatic heterocycles. The minimum Gasteiger partial charge on any atom is -0.508 e. The lowest BCUT2D eigenvalue weighted by molar-refractivity contribution is 0.0999. The summed E-state index contributed by atoms with van der Waals surface area (Å²) < 4.78 is 0. The monoisotopic (exact) mass is 166 g/mol. The predicted molar refractivity (Wildman–Crippen MR) is 44.5 cm³/mol. The minimum atomic E-state index is -0.577. The molecule has 0 saturated heterocycles. The molecule has 0 atom stereocenters. The molecule has 0 aliphatic heterocycles. The maximum absolute atomic E-state index is 10.8. The van der Waals surface area contributed by atoms with E-state index in [1.54, 1.807) is 6.07 Å². The van der Waals surface area contributed by atoms with Gasteiger partial charge in [-0.05, 0) is 17.7 Å². The summed E-state index contributed by atoms with van der Waals surface area (Å²) in [5.74, 6) is -0.563. The van der Waals surface area contributed by atoms with Crippen LogP contribution in [0.2, 0.25) is 0 Å². The fourth-order valence-corrected chi connectivity index (χ4v) is 0.972. The van der Waals surface area contributed by atoms with Gasteiger partial charge in [0, 0.05) is 12.1 Å². The number of primary amides is 1. The van der Waals surface area contributed by atoms with Crippen molar-refractivity contribution in [2.45, 2.75) is 6.54 Å². The van der Waals surface area contributed by atoms with E-state index in [0.717, 1.165) is 0 Å². The number of amides is 1. The smallest absolute Gasteiger partial charge is 0.249 e. The van der Waals surface area contributed by atoms with Crippen LogP contribution in [0.25, 0.3) is 0 Å². The van der Waals surface area contributed by atoms with E-state index in [2.05, 4.69) is 0 Å². The van der Waals surface area contributed by atoms with Crippen molar-refractivity contribution in [1.29, 1.82) is 0 Å². The number of rotatable bonds is 2. The summed E-state index contributed by atoms with van der Waals surface area (Å²) >= 11 is 0. The molecule has 4 nitrogen and oxygen atoms in total. The van der Waals surface area contributed by atoms with Crippen molar-refractivity contribution in [3.05, 3.63) is 29.3 Å². The third-order valence-corrected chi connectivity index (χ3v) is 1.58. The van der Waals surface area contributed by atoms with E-state index in [-0.39, 0.29) is 17.9 Å². The van der Waals surface area contributed by atoms with Gasteiger partial charge in [0.25, 0.3) is 0 Å². The summed E-state index contributed by atoms with van der Waals surface area (Å²) in [6, 6.07) is 4.36. The Bertz CT molecular complexity index is 310. The predicted octanol–water partition coefficient (Wildman–Crippen LogP) is -0.0502. The van der Waals surface area contributed by atoms with E-state index >= 15 is 0 Å². The van der Waals surface area contributed by atoms with Crippen LogP contribution in [-0.4, -0.2) is 11.0 Å². The maximum Gasteiger partial charge on any atom is 0.249 e. The van der Waals surface area contributed by atoms with Gasteiger partial charge in [0.1, 0.15) is 5.75 Å². The van der Waals surface area contributed by atoms with Crippen LogP contribution >= 0.6 is 0 Å². The highest BCUT2D eigenvalue weighted by Crippen LogP contribution is 2.15. The van der Waals surface area contributed by atoms with Crippen molar-refractivity contribution in [1.82, 2.24) is 0 Å². The van der Waals surface area contributed by atoms with Crippen LogP contribution in [-0.2, 0) is 6.54 Å². The zero-order chi connectivity index (χ0) is 9.14. The average Bonchev–Trinajstić information content (AvgIpc) is 2.04. The minimum absolute atomic E-state index is 0.0148. The number of carbonyl (C=O) groups excluding carboxylic acids is 1. The summed E-state index contributed by atoms with van der Waals surface area (Å²) in [5.41, 5.74) is 11.3. The van der Waals surface area contributed by atoms with E-state index in [0.29, 0.717) is 5.56 Å². The molecule has 0 saturated carbocycles. The number of benzene rings is 1. The summed E-state index contributed by atoms with van der Waals surface area (Å²) in [7, 11) is 0. The highest BCUT2D eigenvalue weighted by molar-refractivity contribution is 5.94. The number of aromatic hydroxyl groups is 1. The average molecular weight is 166 g/mol. The van der Waals surface area contributed by atoms with Gasteiger partial charge < -0.3 is 16.6 Å². The second-order valence-corrected chi connectivity index (χ2v) is 2.41. The molecule has 0 aliphatic rings. The SMILES string of the molecule is NCc1ccc(O)cc1C(N)=O. The van der Waals surface area contributed by atoms with Crippen LogP contribution in [0.1, 0.15) is 15.9 Å². The van der Waals surface area contributed by atoms with E-state index < -0.39 is 5.91 Å². The third kappa shape index (κ3) is 1.54. The summed E-state index contributed by atoms with van der Waals surface area (Å²) in [6.45, 7) is 0.235. The van der Waals surface area contributed by atoms with Gasteiger partial charge in [-0.15, -0.1) is 0 Å². The molecule has 0 radical (unpaired) electrons. The molecule has 1 aromatic rings. The molecule has 0 fully saturated rings. The van der Waals surface area contributed by atoms with Gasteiger partial charge >= 0.3 is 0 Å². The molecule has 0 bridgehead atoms. The van der Waals surface area contributed by atoms with Crippen molar-refractivity contribution in [2.24, 2.45) is 11.5 Å². The molecule has 5 N–H and O–H groups in total. The van der Waals surface area contributed by atoms with Crippen LogP contribution in [0.4, 0.5) is 0 Å². The van der Waals surface area contributed by atoms with Gasteiger partial charge in [0.05, 0.1) is 0 Å². The molecule has 0 unspecified atom stereocenters. The summed E-state index contributed by atoms with van der Waals surface area (Å²) in [5, 5.41) is 9.03. The molecule has 1 amide bonds. The van der Waals surface area contributed by atoms with Crippen LogP contribution in [0.15, 0.2) is 18.2 Å². The van der Waals surface area contributed by atoms with Gasteiger partial charge in [-0.3, -0.25) is 4.79 Å². The lowest BCUT2D eigenvalue weighted by Crippen LogP contribution is -2.15. The first-order chi connectivity index (χ1) is 5.65. The fraction of sp³-hybridized carbons (Fsp3) is 0.125. The van der Waals surface area contributed by atoms with Gasteiger partial charge in [-0.25, -0.2) is 0 Å². The van der Waals surface area contributed by atoms with Crippen LogP contribution < -0.4 is 11.5 Å². The summed E-state index contributed by atoms with van der Waals surface area (Å²) in [4.78, 5) is 10.8. The first kappa shape index (κ1) is 8.55.